The van der Waals surface area contributed by atoms with E-state index in [0.717, 1.165) is 5.75 Å². The van der Waals surface area contributed by atoms with E-state index in [4.69, 9.17) is 9.47 Å². The summed E-state index contributed by atoms with van der Waals surface area (Å²) < 4.78 is 11.3. The molecule has 1 heterocycles. The van der Waals surface area contributed by atoms with E-state index in [1.165, 1.54) is 6.07 Å². The number of H-pyrrole nitrogens is 2. The second-order valence-electron chi connectivity index (χ2n) is 6.63. The summed E-state index contributed by atoms with van der Waals surface area (Å²) in [4.78, 5) is 40.7. The van der Waals surface area contributed by atoms with Crippen LogP contribution in [-0.4, -0.2) is 22.5 Å². The Morgan fingerprint density at radius 3 is 2.29 bits per heavy atom. The van der Waals surface area contributed by atoms with Crippen LogP contribution in [0.25, 0.3) is 11.0 Å². The Morgan fingerprint density at radius 1 is 0.871 bits per heavy atom. The topological polar surface area (TPSA) is 113 Å². The van der Waals surface area contributed by atoms with Gasteiger partial charge in [0, 0.05) is 5.56 Å². The highest BCUT2D eigenvalue weighted by molar-refractivity contribution is 6.06. The molecule has 3 N–H and O–H groups in total. The molecule has 0 aliphatic carbocycles. The van der Waals surface area contributed by atoms with Crippen molar-refractivity contribution in [1.82, 2.24) is 9.97 Å². The molecule has 0 aliphatic rings. The van der Waals surface area contributed by atoms with E-state index < -0.39 is 17.0 Å². The van der Waals surface area contributed by atoms with E-state index in [1.807, 2.05) is 6.92 Å². The summed E-state index contributed by atoms with van der Waals surface area (Å²) in [5.74, 6) is 1.42. The van der Waals surface area contributed by atoms with Gasteiger partial charge >= 0.3 is 11.1 Å². The molecule has 0 fully saturated rings. The predicted octanol–water partition coefficient (Wildman–Crippen LogP) is 3.66. The maximum absolute atomic E-state index is 12.8. The van der Waals surface area contributed by atoms with Gasteiger partial charge in [-0.05, 0) is 61.5 Å². The molecule has 0 unspecified atom stereocenters. The predicted molar refractivity (Wildman–Crippen MR) is 117 cm³/mol. The molecule has 31 heavy (non-hydrogen) atoms. The summed E-state index contributed by atoms with van der Waals surface area (Å²) in [7, 11) is 0. The van der Waals surface area contributed by atoms with Gasteiger partial charge in [-0.3, -0.25) is 14.4 Å². The molecule has 156 valence electrons. The quantitative estimate of drug-likeness (QED) is 0.415. The Kier molecular flexibility index (Phi) is 5.53. The van der Waals surface area contributed by atoms with Gasteiger partial charge in [-0.1, -0.05) is 12.1 Å². The number of hydrogen-bond acceptors (Lipinski definition) is 5. The van der Waals surface area contributed by atoms with E-state index in [-0.39, 0.29) is 0 Å². The van der Waals surface area contributed by atoms with Gasteiger partial charge in [-0.15, -0.1) is 0 Å². The number of benzene rings is 3. The highest BCUT2D eigenvalue weighted by atomic mass is 16.5. The third-order valence-corrected chi connectivity index (χ3v) is 4.48. The van der Waals surface area contributed by atoms with E-state index in [9.17, 15) is 14.4 Å². The lowest BCUT2D eigenvalue weighted by Gasteiger charge is -2.13. The highest BCUT2D eigenvalue weighted by Gasteiger charge is 2.12. The summed E-state index contributed by atoms with van der Waals surface area (Å²) in [6.45, 7) is 2.49. The minimum absolute atomic E-state index is 0.311. The molecular formula is C23H19N3O5. The van der Waals surface area contributed by atoms with Crippen LogP contribution in [0.2, 0.25) is 0 Å². The molecule has 4 aromatic rings. The van der Waals surface area contributed by atoms with Crippen LogP contribution < -0.4 is 25.9 Å². The average molecular weight is 417 g/mol. The lowest BCUT2D eigenvalue weighted by molar-refractivity contribution is 0.102. The Labute approximate surface area is 176 Å². The number of amides is 1. The maximum Gasteiger partial charge on any atom is 0.314 e. The highest BCUT2D eigenvalue weighted by Crippen LogP contribution is 2.30. The van der Waals surface area contributed by atoms with Gasteiger partial charge < -0.3 is 24.8 Å². The Morgan fingerprint density at radius 2 is 1.55 bits per heavy atom. The number of fused-ring (bicyclic) bond motifs is 1. The first-order valence-corrected chi connectivity index (χ1v) is 9.61. The van der Waals surface area contributed by atoms with E-state index in [1.54, 1.807) is 60.7 Å². The summed E-state index contributed by atoms with van der Waals surface area (Å²) in [6, 6.07) is 18.8. The molecule has 8 heteroatoms. The van der Waals surface area contributed by atoms with Gasteiger partial charge in [0.05, 0.1) is 23.3 Å². The Hall–Kier alpha value is -4.33. The van der Waals surface area contributed by atoms with Crippen molar-refractivity contribution in [2.75, 3.05) is 11.9 Å². The Bertz CT molecular complexity index is 1360. The van der Waals surface area contributed by atoms with Crippen LogP contribution in [0.1, 0.15) is 17.3 Å². The molecule has 8 nitrogen and oxygen atoms in total. The van der Waals surface area contributed by atoms with Gasteiger partial charge in [0.1, 0.15) is 11.5 Å². The lowest BCUT2D eigenvalue weighted by atomic mass is 10.1. The van der Waals surface area contributed by atoms with Crippen molar-refractivity contribution in [3.63, 3.8) is 0 Å². The molecule has 1 aromatic heterocycles. The van der Waals surface area contributed by atoms with Crippen molar-refractivity contribution in [1.29, 1.82) is 0 Å². The summed E-state index contributed by atoms with van der Waals surface area (Å²) in [6.07, 6.45) is 0. The van der Waals surface area contributed by atoms with E-state index in [0.29, 0.717) is 40.4 Å². The fourth-order valence-corrected chi connectivity index (χ4v) is 3.01. The molecule has 0 radical (unpaired) electrons. The van der Waals surface area contributed by atoms with Crippen molar-refractivity contribution in [3.8, 4) is 17.2 Å². The van der Waals surface area contributed by atoms with Gasteiger partial charge in [0.2, 0.25) is 0 Å². The number of rotatable bonds is 6. The standard InChI is InChI=1S/C23H19N3O5/c1-2-30-15-8-10-16(11-9-15)31-20-6-4-3-5-18(20)25-21(27)14-7-12-17-19(13-14)26-23(29)22(28)24-17/h3-13H,2H2,1H3,(H,24,28)(H,25,27)(H,26,29). The fourth-order valence-electron chi connectivity index (χ4n) is 3.01. The van der Waals surface area contributed by atoms with Crippen LogP contribution in [0.4, 0.5) is 5.69 Å². The molecule has 0 aliphatic heterocycles. The number of hydrogen-bond donors (Lipinski definition) is 3. The summed E-state index contributed by atoms with van der Waals surface area (Å²) >= 11 is 0. The molecule has 0 bridgehead atoms. The third-order valence-electron chi connectivity index (χ3n) is 4.48. The number of carbonyl (C=O) groups is 1. The zero-order valence-electron chi connectivity index (χ0n) is 16.6. The lowest BCUT2D eigenvalue weighted by Crippen LogP contribution is -2.29. The second kappa shape index (κ2) is 8.58. The molecule has 0 saturated heterocycles. The van der Waals surface area contributed by atoms with Gasteiger partial charge in [-0.25, -0.2) is 0 Å². The first-order chi connectivity index (χ1) is 15.0. The zero-order valence-corrected chi connectivity index (χ0v) is 16.6. The maximum atomic E-state index is 12.8. The number of aromatic amines is 2. The molecule has 1 amide bonds. The minimum Gasteiger partial charge on any atom is -0.494 e. The summed E-state index contributed by atoms with van der Waals surface area (Å²) in [5.41, 5.74) is 0.0586. The van der Waals surface area contributed by atoms with Gasteiger partial charge in [0.25, 0.3) is 5.91 Å². The molecule has 3 aromatic carbocycles. The molecule has 0 saturated carbocycles. The summed E-state index contributed by atoms with van der Waals surface area (Å²) in [5, 5.41) is 2.82. The number of carbonyl (C=O) groups excluding carboxylic acids is 1. The minimum atomic E-state index is -0.779. The third kappa shape index (κ3) is 4.48. The second-order valence-corrected chi connectivity index (χ2v) is 6.63. The van der Waals surface area contributed by atoms with Crippen molar-refractivity contribution >= 4 is 22.6 Å². The largest absolute Gasteiger partial charge is 0.494 e. The number of para-hydroxylation sites is 2. The normalized spacial score (nSPS) is 10.6. The number of ether oxygens (including phenoxy) is 2. The molecular weight excluding hydrogens is 398 g/mol. The smallest absolute Gasteiger partial charge is 0.314 e. The van der Waals surface area contributed by atoms with Gasteiger partial charge in [-0.2, -0.15) is 0 Å². The first-order valence-electron chi connectivity index (χ1n) is 9.61. The zero-order chi connectivity index (χ0) is 21.8. The molecule has 0 atom stereocenters. The van der Waals surface area contributed by atoms with Crippen molar-refractivity contribution in [3.05, 3.63) is 93.0 Å². The van der Waals surface area contributed by atoms with Crippen LogP contribution in [0.3, 0.4) is 0 Å². The average Bonchev–Trinajstić information content (AvgIpc) is 2.77. The monoisotopic (exact) mass is 417 g/mol. The van der Waals surface area contributed by atoms with Gasteiger partial charge in [0.15, 0.2) is 5.75 Å². The molecule has 4 rings (SSSR count). The van der Waals surface area contributed by atoms with Crippen LogP contribution in [0, 0.1) is 0 Å². The fraction of sp³-hybridized carbons (Fsp3) is 0.0870. The SMILES string of the molecule is CCOc1ccc(Oc2ccccc2NC(=O)c2ccc3[nH]c(=O)c(=O)[nH]c3c2)cc1. The van der Waals surface area contributed by atoms with E-state index in [2.05, 4.69) is 15.3 Å². The van der Waals surface area contributed by atoms with Crippen molar-refractivity contribution in [2.24, 2.45) is 0 Å². The van der Waals surface area contributed by atoms with E-state index >= 15 is 0 Å². The van der Waals surface area contributed by atoms with Crippen molar-refractivity contribution in [2.45, 2.75) is 6.92 Å². The Balaban J connectivity index is 1.56. The van der Waals surface area contributed by atoms with Crippen LogP contribution in [-0.2, 0) is 0 Å². The van der Waals surface area contributed by atoms with Crippen LogP contribution in [0.15, 0.2) is 76.3 Å². The number of nitrogens with one attached hydrogen (secondary N) is 3. The van der Waals surface area contributed by atoms with Crippen LogP contribution in [0.5, 0.6) is 17.2 Å². The first kappa shape index (κ1) is 20.0. The number of aromatic nitrogens is 2. The van der Waals surface area contributed by atoms with Crippen molar-refractivity contribution < 1.29 is 14.3 Å². The van der Waals surface area contributed by atoms with Crippen LogP contribution >= 0.6 is 0 Å². The molecule has 0 spiro atoms. The number of anilines is 1.